The summed E-state index contributed by atoms with van der Waals surface area (Å²) in [6, 6.07) is 7.94. The highest BCUT2D eigenvalue weighted by Gasteiger charge is 2.15. The molecule has 3 nitrogen and oxygen atoms in total. The Morgan fingerprint density at radius 2 is 1.93 bits per heavy atom. The van der Waals surface area contributed by atoms with Gasteiger partial charge < -0.3 is 9.88 Å². The van der Waals surface area contributed by atoms with Gasteiger partial charge in [-0.2, -0.15) is 0 Å². The van der Waals surface area contributed by atoms with Crippen LogP contribution in [0, 0.1) is 0 Å². The topological polar surface area (TPSA) is 36.1 Å². The Balaban J connectivity index is 2.80. The largest absolute Gasteiger partial charge is 0.375 e. The van der Waals surface area contributed by atoms with Crippen molar-refractivity contribution in [1.82, 2.24) is 4.98 Å². The smallest absolute Gasteiger partial charge is 0.178 e. The molecule has 0 spiro atoms. The molecular weight excluding hydrogens is 188 g/mol. The third-order valence-electron chi connectivity index (χ3n) is 2.48. The number of nitrogens with zero attached hydrogens (tertiary/aromatic N) is 1. The average molecular weight is 202 g/mol. The number of anilines is 1. The van der Waals surface area contributed by atoms with Crippen molar-refractivity contribution >= 4 is 22.4 Å². The van der Waals surface area contributed by atoms with Crippen LogP contribution in [-0.4, -0.2) is 24.9 Å². The van der Waals surface area contributed by atoms with Gasteiger partial charge in [0.25, 0.3) is 0 Å². The molecule has 1 aromatic carbocycles. The van der Waals surface area contributed by atoms with Crippen LogP contribution in [0.25, 0.3) is 10.9 Å². The highest BCUT2D eigenvalue weighted by atomic mass is 16.1. The summed E-state index contributed by atoms with van der Waals surface area (Å²) in [6.07, 6.45) is 0. The minimum atomic E-state index is 0.0647. The lowest BCUT2D eigenvalue weighted by molar-refractivity contribution is 0.101. The van der Waals surface area contributed by atoms with E-state index < -0.39 is 0 Å². The first-order valence-electron chi connectivity index (χ1n) is 4.90. The first-order valence-corrected chi connectivity index (χ1v) is 4.90. The van der Waals surface area contributed by atoms with Crippen molar-refractivity contribution in [3.8, 4) is 0 Å². The first kappa shape index (κ1) is 9.77. The molecule has 1 aromatic heterocycles. The zero-order chi connectivity index (χ0) is 11.0. The number of para-hydroxylation sites is 1. The number of aromatic amines is 1. The summed E-state index contributed by atoms with van der Waals surface area (Å²) in [5, 5.41) is 1.09. The SMILES string of the molecule is CC(=O)c1[nH]c2ccccc2c1N(C)C. The molecule has 1 heterocycles. The molecular formula is C12H14N2O. The maximum atomic E-state index is 11.5. The summed E-state index contributed by atoms with van der Waals surface area (Å²) >= 11 is 0. The first-order chi connectivity index (χ1) is 7.11. The minimum Gasteiger partial charge on any atom is -0.375 e. The lowest BCUT2D eigenvalue weighted by atomic mass is 10.2. The fraction of sp³-hybridized carbons (Fsp3) is 0.250. The number of aromatic nitrogens is 1. The number of fused-ring (bicyclic) bond motifs is 1. The molecule has 0 aliphatic carbocycles. The lowest BCUT2D eigenvalue weighted by Gasteiger charge is -2.12. The molecule has 0 aliphatic rings. The van der Waals surface area contributed by atoms with Gasteiger partial charge >= 0.3 is 0 Å². The number of hydrogen-bond acceptors (Lipinski definition) is 2. The van der Waals surface area contributed by atoms with Gasteiger partial charge in [-0.05, 0) is 6.07 Å². The van der Waals surface area contributed by atoms with E-state index in [1.54, 1.807) is 6.92 Å². The lowest BCUT2D eigenvalue weighted by Crippen LogP contribution is -2.11. The Labute approximate surface area is 88.7 Å². The summed E-state index contributed by atoms with van der Waals surface area (Å²) < 4.78 is 0. The molecule has 2 rings (SSSR count). The van der Waals surface area contributed by atoms with Crippen LogP contribution in [0.5, 0.6) is 0 Å². The maximum absolute atomic E-state index is 11.5. The van der Waals surface area contributed by atoms with E-state index >= 15 is 0 Å². The van der Waals surface area contributed by atoms with Crippen LogP contribution in [0.15, 0.2) is 24.3 Å². The number of Topliss-reactive ketones (excluding diaryl/α,β-unsaturated/α-hetero) is 1. The number of hydrogen-bond donors (Lipinski definition) is 1. The molecule has 2 aromatic rings. The summed E-state index contributed by atoms with van der Waals surface area (Å²) in [5.74, 6) is 0.0647. The second kappa shape index (κ2) is 3.42. The summed E-state index contributed by atoms with van der Waals surface area (Å²) in [6.45, 7) is 1.58. The highest BCUT2D eigenvalue weighted by molar-refractivity contribution is 6.08. The van der Waals surface area contributed by atoms with Crippen molar-refractivity contribution in [3.05, 3.63) is 30.0 Å². The number of H-pyrrole nitrogens is 1. The molecule has 0 saturated carbocycles. The molecule has 0 unspecified atom stereocenters. The van der Waals surface area contributed by atoms with Crippen molar-refractivity contribution in [2.75, 3.05) is 19.0 Å². The van der Waals surface area contributed by atoms with Crippen LogP contribution in [0.3, 0.4) is 0 Å². The normalized spacial score (nSPS) is 10.6. The zero-order valence-electron chi connectivity index (χ0n) is 9.16. The van der Waals surface area contributed by atoms with Crippen LogP contribution in [0.1, 0.15) is 17.4 Å². The number of carbonyl (C=O) groups excluding carboxylic acids is 1. The number of rotatable bonds is 2. The van der Waals surface area contributed by atoms with Gasteiger partial charge in [0.15, 0.2) is 5.78 Å². The van der Waals surface area contributed by atoms with E-state index in [1.807, 2.05) is 43.3 Å². The van der Waals surface area contributed by atoms with Crippen LogP contribution in [0.2, 0.25) is 0 Å². The molecule has 0 fully saturated rings. The fourth-order valence-corrected chi connectivity index (χ4v) is 1.85. The standard InChI is InChI=1S/C12H14N2O/c1-8(15)11-12(14(2)3)9-6-4-5-7-10(9)13-11/h4-7,13H,1-3H3. The van der Waals surface area contributed by atoms with E-state index in [0.29, 0.717) is 5.69 Å². The van der Waals surface area contributed by atoms with Gasteiger partial charge in [-0.3, -0.25) is 4.79 Å². The molecule has 0 amide bonds. The van der Waals surface area contributed by atoms with Gasteiger partial charge in [0.2, 0.25) is 0 Å². The number of carbonyl (C=O) groups is 1. The predicted octanol–water partition coefficient (Wildman–Crippen LogP) is 2.44. The van der Waals surface area contributed by atoms with E-state index in [9.17, 15) is 4.79 Å². The maximum Gasteiger partial charge on any atom is 0.178 e. The van der Waals surface area contributed by atoms with Gasteiger partial charge in [0.1, 0.15) is 5.69 Å². The molecule has 0 saturated heterocycles. The van der Waals surface area contributed by atoms with E-state index in [4.69, 9.17) is 0 Å². The summed E-state index contributed by atoms with van der Waals surface area (Å²) in [5.41, 5.74) is 2.66. The van der Waals surface area contributed by atoms with Crippen LogP contribution in [0.4, 0.5) is 5.69 Å². The summed E-state index contributed by atoms with van der Waals surface area (Å²) in [7, 11) is 3.89. The third kappa shape index (κ3) is 1.50. The molecule has 0 radical (unpaired) electrons. The number of benzene rings is 1. The van der Waals surface area contributed by atoms with E-state index in [1.165, 1.54) is 0 Å². The van der Waals surface area contributed by atoms with E-state index in [-0.39, 0.29) is 5.78 Å². The van der Waals surface area contributed by atoms with Crippen molar-refractivity contribution in [2.24, 2.45) is 0 Å². The van der Waals surface area contributed by atoms with Crippen molar-refractivity contribution < 1.29 is 4.79 Å². The van der Waals surface area contributed by atoms with E-state index in [2.05, 4.69) is 4.98 Å². The predicted molar refractivity (Wildman–Crippen MR) is 62.6 cm³/mol. The monoisotopic (exact) mass is 202 g/mol. The van der Waals surface area contributed by atoms with Gasteiger partial charge in [-0.25, -0.2) is 0 Å². The molecule has 0 aliphatic heterocycles. The Hall–Kier alpha value is -1.77. The highest BCUT2D eigenvalue weighted by Crippen LogP contribution is 2.29. The Kier molecular flexibility index (Phi) is 2.23. The van der Waals surface area contributed by atoms with Crippen molar-refractivity contribution in [2.45, 2.75) is 6.92 Å². The quantitative estimate of drug-likeness (QED) is 0.759. The minimum absolute atomic E-state index is 0.0647. The average Bonchev–Trinajstić information content (AvgIpc) is 2.56. The molecule has 0 atom stereocenters. The van der Waals surface area contributed by atoms with Gasteiger partial charge in [0, 0.05) is 31.9 Å². The van der Waals surface area contributed by atoms with Crippen LogP contribution in [-0.2, 0) is 0 Å². The second-order valence-corrected chi connectivity index (χ2v) is 3.84. The number of nitrogens with one attached hydrogen (secondary N) is 1. The van der Waals surface area contributed by atoms with Crippen molar-refractivity contribution in [3.63, 3.8) is 0 Å². The molecule has 3 heteroatoms. The van der Waals surface area contributed by atoms with Gasteiger partial charge in [-0.1, -0.05) is 18.2 Å². The number of ketones is 1. The van der Waals surface area contributed by atoms with Gasteiger partial charge in [-0.15, -0.1) is 0 Å². The molecule has 78 valence electrons. The Morgan fingerprint density at radius 3 is 2.53 bits per heavy atom. The zero-order valence-corrected chi connectivity index (χ0v) is 9.16. The van der Waals surface area contributed by atoms with E-state index in [0.717, 1.165) is 16.6 Å². The van der Waals surface area contributed by atoms with Crippen LogP contribution >= 0.6 is 0 Å². The Morgan fingerprint density at radius 1 is 1.27 bits per heavy atom. The summed E-state index contributed by atoms with van der Waals surface area (Å²) in [4.78, 5) is 16.6. The van der Waals surface area contributed by atoms with Crippen LogP contribution < -0.4 is 4.90 Å². The fourth-order valence-electron chi connectivity index (χ4n) is 1.85. The molecule has 1 N–H and O–H groups in total. The molecule has 0 bridgehead atoms. The van der Waals surface area contributed by atoms with Crippen molar-refractivity contribution in [1.29, 1.82) is 0 Å². The second-order valence-electron chi connectivity index (χ2n) is 3.84. The Bertz CT molecular complexity index is 511. The molecule has 15 heavy (non-hydrogen) atoms. The third-order valence-corrected chi connectivity index (χ3v) is 2.48. The van der Waals surface area contributed by atoms with Gasteiger partial charge in [0.05, 0.1) is 5.69 Å².